The van der Waals surface area contributed by atoms with Crippen molar-refractivity contribution in [2.75, 3.05) is 7.11 Å². The number of esters is 1. The third-order valence-electron chi connectivity index (χ3n) is 4.16. The highest BCUT2D eigenvalue weighted by molar-refractivity contribution is 6.00. The van der Waals surface area contributed by atoms with E-state index in [-0.39, 0.29) is 11.4 Å². The quantitative estimate of drug-likeness (QED) is 0.564. The summed E-state index contributed by atoms with van der Waals surface area (Å²) in [6.45, 7) is 0. The molecule has 4 rings (SSSR count). The number of nitrogens with zero attached hydrogens (tertiary/aromatic N) is 2. The minimum Gasteiger partial charge on any atom is -0.505 e. The Labute approximate surface area is 143 Å². The van der Waals surface area contributed by atoms with Crippen LogP contribution in [0.3, 0.4) is 0 Å². The number of hydrogen-bond donors (Lipinski definition) is 1. The van der Waals surface area contributed by atoms with Crippen LogP contribution in [0, 0.1) is 0 Å². The summed E-state index contributed by atoms with van der Waals surface area (Å²) in [6.07, 6.45) is 1.47. The van der Waals surface area contributed by atoms with E-state index in [4.69, 9.17) is 0 Å². The van der Waals surface area contributed by atoms with Crippen LogP contribution in [0.2, 0.25) is 0 Å². The smallest absolute Gasteiger partial charge is 0.360 e. The highest BCUT2D eigenvalue weighted by atomic mass is 16.5. The van der Waals surface area contributed by atoms with Crippen LogP contribution in [-0.2, 0) is 4.74 Å². The first-order valence-electron chi connectivity index (χ1n) is 7.74. The predicted molar refractivity (Wildman–Crippen MR) is 95.5 cm³/mol. The number of rotatable bonds is 2. The second-order valence-corrected chi connectivity index (χ2v) is 5.60. The van der Waals surface area contributed by atoms with Crippen molar-refractivity contribution in [2.45, 2.75) is 0 Å². The van der Waals surface area contributed by atoms with Gasteiger partial charge in [0.15, 0.2) is 11.4 Å². The van der Waals surface area contributed by atoms with E-state index < -0.39 is 5.97 Å². The fourth-order valence-corrected chi connectivity index (χ4v) is 2.93. The maximum Gasteiger partial charge on any atom is 0.360 e. The molecular weight excluding hydrogens is 316 g/mol. The predicted octanol–water partition coefficient (Wildman–Crippen LogP) is 3.94. The van der Waals surface area contributed by atoms with Crippen LogP contribution in [0.1, 0.15) is 10.5 Å². The van der Waals surface area contributed by atoms with Gasteiger partial charge in [0.1, 0.15) is 0 Å². The van der Waals surface area contributed by atoms with Gasteiger partial charge in [-0.15, -0.1) is 0 Å². The van der Waals surface area contributed by atoms with Gasteiger partial charge >= 0.3 is 5.97 Å². The van der Waals surface area contributed by atoms with Crippen LogP contribution in [0.4, 0.5) is 0 Å². The Morgan fingerprint density at radius 2 is 1.80 bits per heavy atom. The SMILES string of the molecule is COC(=O)c1ncc2nc(-c3cccc4ccccc34)ccc2c1O. The van der Waals surface area contributed by atoms with Gasteiger partial charge in [0, 0.05) is 10.9 Å². The first-order valence-corrected chi connectivity index (χ1v) is 7.74. The summed E-state index contributed by atoms with van der Waals surface area (Å²) in [5.41, 5.74) is 2.16. The molecule has 1 N–H and O–H groups in total. The van der Waals surface area contributed by atoms with Crippen molar-refractivity contribution in [1.82, 2.24) is 9.97 Å². The van der Waals surface area contributed by atoms with Crippen molar-refractivity contribution in [3.8, 4) is 17.0 Å². The number of benzene rings is 2. The molecule has 0 atom stereocenters. The molecule has 2 aromatic heterocycles. The lowest BCUT2D eigenvalue weighted by molar-refractivity contribution is 0.0591. The Bertz CT molecular complexity index is 1120. The number of hydrogen-bond acceptors (Lipinski definition) is 5. The summed E-state index contributed by atoms with van der Waals surface area (Å²) >= 11 is 0. The lowest BCUT2D eigenvalue weighted by atomic mass is 10.0. The highest BCUT2D eigenvalue weighted by Crippen LogP contribution is 2.31. The van der Waals surface area contributed by atoms with Crippen molar-refractivity contribution >= 4 is 27.6 Å². The molecule has 2 heterocycles. The number of aromatic nitrogens is 2. The zero-order valence-electron chi connectivity index (χ0n) is 13.4. The van der Waals surface area contributed by atoms with Gasteiger partial charge in [0.05, 0.1) is 24.5 Å². The van der Waals surface area contributed by atoms with E-state index in [1.165, 1.54) is 13.3 Å². The number of ether oxygens (including phenoxy) is 1. The Hall–Kier alpha value is -3.47. The van der Waals surface area contributed by atoms with Crippen LogP contribution >= 0.6 is 0 Å². The Kier molecular flexibility index (Phi) is 3.54. The molecule has 0 fully saturated rings. The molecule has 25 heavy (non-hydrogen) atoms. The van der Waals surface area contributed by atoms with Crippen LogP contribution in [0.15, 0.2) is 60.8 Å². The summed E-state index contributed by atoms with van der Waals surface area (Å²) in [7, 11) is 1.25. The molecule has 0 saturated heterocycles. The van der Waals surface area contributed by atoms with Gasteiger partial charge in [-0.25, -0.2) is 14.8 Å². The molecule has 0 bridgehead atoms. The summed E-state index contributed by atoms with van der Waals surface area (Å²) in [5.74, 6) is -0.904. The summed E-state index contributed by atoms with van der Waals surface area (Å²) < 4.78 is 4.63. The molecule has 5 nitrogen and oxygen atoms in total. The van der Waals surface area contributed by atoms with E-state index in [0.29, 0.717) is 10.9 Å². The molecule has 4 aromatic rings. The average molecular weight is 330 g/mol. The van der Waals surface area contributed by atoms with E-state index in [0.717, 1.165) is 22.0 Å². The Balaban J connectivity index is 1.91. The van der Waals surface area contributed by atoms with E-state index in [1.54, 1.807) is 6.07 Å². The minimum absolute atomic E-state index is 0.116. The molecule has 0 aliphatic carbocycles. The fourth-order valence-electron chi connectivity index (χ4n) is 2.93. The van der Waals surface area contributed by atoms with Gasteiger partial charge in [-0.05, 0) is 22.9 Å². The van der Waals surface area contributed by atoms with E-state index >= 15 is 0 Å². The normalized spacial score (nSPS) is 10.9. The van der Waals surface area contributed by atoms with Crippen molar-refractivity contribution < 1.29 is 14.6 Å². The van der Waals surface area contributed by atoms with Gasteiger partial charge in [-0.1, -0.05) is 42.5 Å². The first kappa shape index (κ1) is 15.1. The van der Waals surface area contributed by atoms with Crippen molar-refractivity contribution in [2.24, 2.45) is 0 Å². The Morgan fingerprint density at radius 3 is 2.64 bits per heavy atom. The fraction of sp³-hybridized carbons (Fsp3) is 0.0500. The van der Waals surface area contributed by atoms with Gasteiger partial charge in [0.2, 0.25) is 0 Å². The molecule has 0 aliphatic rings. The topological polar surface area (TPSA) is 72.3 Å². The standard InChI is InChI=1S/C20H14N2O3/c1-25-20(24)18-19(23)15-9-10-16(22-17(15)11-21-18)14-8-4-6-12-5-2-3-7-13(12)14/h2-11,23H,1H3. The van der Waals surface area contributed by atoms with Crippen LogP contribution in [-0.4, -0.2) is 28.2 Å². The second kappa shape index (κ2) is 5.87. The van der Waals surface area contributed by atoms with Crippen molar-refractivity contribution in [3.05, 3.63) is 66.5 Å². The largest absolute Gasteiger partial charge is 0.505 e. The van der Waals surface area contributed by atoms with Crippen LogP contribution in [0.25, 0.3) is 32.9 Å². The zero-order valence-corrected chi connectivity index (χ0v) is 13.4. The summed E-state index contributed by atoms with van der Waals surface area (Å²) in [6, 6.07) is 17.7. The molecule has 0 spiro atoms. The number of carbonyl (C=O) groups excluding carboxylic acids is 1. The maximum atomic E-state index is 11.6. The van der Waals surface area contributed by atoms with Crippen molar-refractivity contribution in [1.29, 1.82) is 0 Å². The van der Waals surface area contributed by atoms with Gasteiger partial charge in [-0.3, -0.25) is 0 Å². The van der Waals surface area contributed by atoms with E-state index in [1.807, 2.05) is 36.4 Å². The number of pyridine rings is 2. The Morgan fingerprint density at radius 1 is 1.00 bits per heavy atom. The number of carbonyl (C=O) groups is 1. The van der Waals surface area contributed by atoms with Gasteiger partial charge in [-0.2, -0.15) is 0 Å². The summed E-state index contributed by atoms with van der Waals surface area (Å²) in [4.78, 5) is 20.2. The number of methoxy groups -OCH3 is 1. The zero-order chi connectivity index (χ0) is 17.4. The molecule has 0 amide bonds. The van der Waals surface area contributed by atoms with Crippen LogP contribution < -0.4 is 0 Å². The molecule has 2 aromatic carbocycles. The monoisotopic (exact) mass is 330 g/mol. The first-order chi connectivity index (χ1) is 12.2. The third kappa shape index (κ3) is 2.46. The molecule has 5 heteroatoms. The second-order valence-electron chi connectivity index (χ2n) is 5.60. The number of fused-ring (bicyclic) bond motifs is 2. The molecule has 0 aliphatic heterocycles. The lowest BCUT2D eigenvalue weighted by Gasteiger charge is -2.09. The maximum absolute atomic E-state index is 11.6. The van der Waals surface area contributed by atoms with E-state index in [9.17, 15) is 9.90 Å². The van der Waals surface area contributed by atoms with Crippen LogP contribution in [0.5, 0.6) is 5.75 Å². The van der Waals surface area contributed by atoms with Gasteiger partial charge < -0.3 is 9.84 Å². The van der Waals surface area contributed by atoms with E-state index in [2.05, 4.69) is 26.8 Å². The third-order valence-corrected chi connectivity index (χ3v) is 4.16. The van der Waals surface area contributed by atoms with Crippen molar-refractivity contribution in [3.63, 3.8) is 0 Å². The molecular formula is C20H14N2O3. The average Bonchev–Trinajstić information content (AvgIpc) is 2.67. The highest BCUT2D eigenvalue weighted by Gasteiger charge is 2.17. The van der Waals surface area contributed by atoms with Gasteiger partial charge in [0.25, 0.3) is 0 Å². The molecule has 0 unspecified atom stereocenters. The molecule has 122 valence electrons. The summed E-state index contributed by atoms with van der Waals surface area (Å²) in [5, 5.41) is 13.0. The minimum atomic E-state index is -0.683. The number of aromatic hydroxyl groups is 1. The molecule has 0 saturated carbocycles. The molecule has 0 radical (unpaired) electrons. The lowest BCUT2D eigenvalue weighted by Crippen LogP contribution is -2.05.